The summed E-state index contributed by atoms with van der Waals surface area (Å²) in [5.41, 5.74) is 4.37. The predicted molar refractivity (Wildman–Crippen MR) is 82.6 cm³/mol. The van der Waals surface area contributed by atoms with Gasteiger partial charge in [0.2, 0.25) is 5.90 Å². The van der Waals surface area contributed by atoms with E-state index in [9.17, 15) is 4.79 Å². The third-order valence-electron chi connectivity index (χ3n) is 3.03. The second-order valence-electron chi connectivity index (χ2n) is 4.71. The lowest BCUT2D eigenvalue weighted by molar-refractivity contribution is 0.178. The normalized spacial score (nSPS) is 17.1. The van der Waals surface area contributed by atoms with Crippen molar-refractivity contribution in [3.05, 3.63) is 51.9 Å². The van der Waals surface area contributed by atoms with Crippen LogP contribution in [0, 0.1) is 0 Å². The number of hydrogen-bond donors (Lipinski definition) is 3. The van der Waals surface area contributed by atoms with E-state index in [1.54, 1.807) is 6.92 Å². The molecule has 0 saturated heterocycles. The number of nitrogens with zero attached hydrogens (tertiary/aromatic N) is 2. The van der Waals surface area contributed by atoms with Gasteiger partial charge in [-0.05, 0) is 11.1 Å². The molecular weight excluding hydrogens is 304 g/mol. The lowest BCUT2D eigenvalue weighted by Crippen LogP contribution is -2.13. The standard InChI is InChI=1S/C14H14N4O3S/c1-8-16-12(18-21-8)10-4-2-3-9(5-10)7-22-14-15-6-11(19)13(20)17-14/h2-6,12,18-19H,7H2,1H3,(H,15,17,20). The van der Waals surface area contributed by atoms with Crippen molar-refractivity contribution in [1.82, 2.24) is 15.4 Å². The topological polar surface area (TPSA) is 99.6 Å². The van der Waals surface area contributed by atoms with Crippen molar-refractivity contribution < 1.29 is 9.94 Å². The minimum Gasteiger partial charge on any atom is -0.502 e. The number of rotatable bonds is 4. The number of aromatic hydroxyl groups is 1. The van der Waals surface area contributed by atoms with E-state index in [-0.39, 0.29) is 11.9 Å². The monoisotopic (exact) mass is 318 g/mol. The van der Waals surface area contributed by atoms with Crippen LogP contribution in [0.4, 0.5) is 0 Å². The Bertz CT molecular complexity index is 775. The molecule has 0 amide bonds. The van der Waals surface area contributed by atoms with Crippen LogP contribution in [0.2, 0.25) is 0 Å². The van der Waals surface area contributed by atoms with Crippen LogP contribution in [-0.2, 0) is 10.6 Å². The Morgan fingerprint density at radius 3 is 3.05 bits per heavy atom. The molecule has 0 saturated carbocycles. The van der Waals surface area contributed by atoms with Crippen molar-refractivity contribution in [1.29, 1.82) is 0 Å². The Hall–Kier alpha value is -2.32. The Balaban J connectivity index is 1.70. The van der Waals surface area contributed by atoms with Crippen molar-refractivity contribution in [2.24, 2.45) is 4.99 Å². The summed E-state index contributed by atoms with van der Waals surface area (Å²) in [5.74, 6) is 0.861. The van der Waals surface area contributed by atoms with E-state index >= 15 is 0 Å². The molecule has 0 bridgehead atoms. The van der Waals surface area contributed by atoms with E-state index in [0.29, 0.717) is 16.8 Å². The summed E-state index contributed by atoms with van der Waals surface area (Å²) in [7, 11) is 0. The number of aromatic nitrogens is 2. The molecule has 7 nitrogen and oxygen atoms in total. The van der Waals surface area contributed by atoms with E-state index < -0.39 is 5.56 Å². The first-order chi connectivity index (χ1) is 10.6. The second kappa shape index (κ2) is 6.20. The van der Waals surface area contributed by atoms with Crippen LogP contribution in [0.25, 0.3) is 0 Å². The molecule has 3 rings (SSSR count). The van der Waals surface area contributed by atoms with Crippen molar-refractivity contribution in [2.45, 2.75) is 24.0 Å². The average molecular weight is 318 g/mol. The number of aliphatic imine (C=N–C) groups is 1. The van der Waals surface area contributed by atoms with E-state index in [0.717, 1.165) is 17.3 Å². The Morgan fingerprint density at radius 1 is 1.45 bits per heavy atom. The maximum absolute atomic E-state index is 11.3. The first-order valence-electron chi connectivity index (χ1n) is 6.58. The van der Waals surface area contributed by atoms with Crippen molar-refractivity contribution in [3.8, 4) is 5.75 Å². The molecule has 1 aliphatic heterocycles. The van der Waals surface area contributed by atoms with Crippen LogP contribution in [0.3, 0.4) is 0 Å². The lowest BCUT2D eigenvalue weighted by Gasteiger charge is -2.08. The fraction of sp³-hybridized carbons (Fsp3) is 0.214. The van der Waals surface area contributed by atoms with Gasteiger partial charge in [-0.1, -0.05) is 36.0 Å². The van der Waals surface area contributed by atoms with Crippen molar-refractivity contribution in [3.63, 3.8) is 0 Å². The molecule has 2 aromatic rings. The summed E-state index contributed by atoms with van der Waals surface area (Å²) in [5, 5.41) is 9.62. The van der Waals surface area contributed by atoms with Gasteiger partial charge in [0, 0.05) is 12.7 Å². The average Bonchev–Trinajstić information content (AvgIpc) is 2.95. The summed E-state index contributed by atoms with van der Waals surface area (Å²) in [4.78, 5) is 27.3. The van der Waals surface area contributed by atoms with Crippen molar-refractivity contribution in [2.75, 3.05) is 0 Å². The maximum atomic E-state index is 11.3. The third-order valence-corrected chi connectivity index (χ3v) is 3.99. The van der Waals surface area contributed by atoms with Gasteiger partial charge in [0.25, 0.3) is 5.56 Å². The van der Waals surface area contributed by atoms with Gasteiger partial charge in [-0.3, -0.25) is 9.78 Å². The summed E-state index contributed by atoms with van der Waals surface area (Å²) in [6.07, 6.45) is 0.950. The highest BCUT2D eigenvalue weighted by Gasteiger charge is 2.17. The Labute approximate surface area is 130 Å². The summed E-state index contributed by atoms with van der Waals surface area (Å²) in [6, 6.07) is 7.93. The number of hydroxylamine groups is 1. The van der Waals surface area contributed by atoms with Crippen LogP contribution in [-0.4, -0.2) is 21.0 Å². The fourth-order valence-corrected chi connectivity index (χ4v) is 2.74. The molecule has 8 heteroatoms. The van der Waals surface area contributed by atoms with E-state index in [4.69, 9.17) is 9.94 Å². The van der Waals surface area contributed by atoms with Gasteiger partial charge in [0.1, 0.15) is 0 Å². The number of nitrogens with one attached hydrogen (secondary N) is 2. The van der Waals surface area contributed by atoms with E-state index in [1.807, 2.05) is 24.3 Å². The summed E-state index contributed by atoms with van der Waals surface area (Å²) in [6.45, 7) is 1.79. The smallest absolute Gasteiger partial charge is 0.293 e. The van der Waals surface area contributed by atoms with Crippen LogP contribution in [0.5, 0.6) is 5.75 Å². The van der Waals surface area contributed by atoms with E-state index in [1.165, 1.54) is 11.8 Å². The van der Waals surface area contributed by atoms with E-state index in [2.05, 4.69) is 20.4 Å². The molecule has 1 aliphatic rings. The third kappa shape index (κ3) is 3.29. The molecule has 1 atom stereocenters. The zero-order valence-electron chi connectivity index (χ0n) is 11.7. The van der Waals surface area contributed by atoms with Crippen LogP contribution in [0.1, 0.15) is 24.2 Å². The zero-order chi connectivity index (χ0) is 15.5. The SMILES string of the molecule is CC1=NC(c2cccc(CSc3ncc(O)c(=O)[nH]3)c2)NO1. The lowest BCUT2D eigenvalue weighted by atomic mass is 10.1. The largest absolute Gasteiger partial charge is 0.502 e. The molecule has 114 valence electrons. The highest BCUT2D eigenvalue weighted by Crippen LogP contribution is 2.23. The first-order valence-corrected chi connectivity index (χ1v) is 7.57. The molecule has 0 radical (unpaired) electrons. The molecule has 1 unspecified atom stereocenters. The predicted octanol–water partition coefficient (Wildman–Crippen LogP) is 1.72. The van der Waals surface area contributed by atoms with Crippen molar-refractivity contribution >= 4 is 17.7 Å². The first kappa shape index (κ1) is 14.6. The number of hydrogen-bond acceptors (Lipinski definition) is 7. The number of aromatic amines is 1. The summed E-state index contributed by atoms with van der Waals surface area (Å²) >= 11 is 1.38. The number of thioether (sulfide) groups is 1. The minimum absolute atomic E-state index is 0.198. The molecule has 2 heterocycles. The molecule has 0 fully saturated rings. The van der Waals surface area contributed by atoms with Crippen LogP contribution < -0.4 is 11.0 Å². The Morgan fingerprint density at radius 2 is 2.32 bits per heavy atom. The molecule has 3 N–H and O–H groups in total. The van der Waals surface area contributed by atoms with Gasteiger partial charge in [0.15, 0.2) is 17.1 Å². The highest BCUT2D eigenvalue weighted by molar-refractivity contribution is 7.98. The maximum Gasteiger partial charge on any atom is 0.293 e. The van der Waals surface area contributed by atoms with Gasteiger partial charge in [-0.25, -0.2) is 9.98 Å². The quantitative estimate of drug-likeness (QED) is 0.586. The van der Waals surface area contributed by atoms with Gasteiger partial charge in [-0.15, -0.1) is 5.48 Å². The molecule has 22 heavy (non-hydrogen) atoms. The number of H-pyrrole nitrogens is 1. The molecule has 0 aliphatic carbocycles. The van der Waals surface area contributed by atoms with Gasteiger partial charge in [-0.2, -0.15) is 0 Å². The van der Waals surface area contributed by atoms with Gasteiger partial charge >= 0.3 is 0 Å². The van der Waals surface area contributed by atoms with Gasteiger partial charge in [0.05, 0.1) is 6.20 Å². The zero-order valence-corrected chi connectivity index (χ0v) is 12.6. The minimum atomic E-state index is -0.539. The second-order valence-corrected chi connectivity index (χ2v) is 5.67. The van der Waals surface area contributed by atoms with Gasteiger partial charge < -0.3 is 9.94 Å². The molecule has 0 spiro atoms. The van der Waals surface area contributed by atoms with Crippen LogP contribution >= 0.6 is 11.8 Å². The molecule has 1 aromatic heterocycles. The highest BCUT2D eigenvalue weighted by atomic mass is 32.2. The fourth-order valence-electron chi connectivity index (χ4n) is 1.97. The van der Waals surface area contributed by atoms with Crippen LogP contribution in [0.15, 0.2) is 45.4 Å². The molecular formula is C14H14N4O3S. The Kier molecular flexibility index (Phi) is 4.12. The molecule has 1 aromatic carbocycles. The summed E-state index contributed by atoms with van der Waals surface area (Å²) < 4.78 is 0. The number of benzene rings is 1.